The number of benzene rings is 2. The summed E-state index contributed by atoms with van der Waals surface area (Å²) in [5.74, 6) is 0.486. The molecule has 0 unspecified atom stereocenters. The fraction of sp³-hybridized carbons (Fsp3) is 0.333. The molecule has 1 amide bonds. The summed E-state index contributed by atoms with van der Waals surface area (Å²) in [5.41, 5.74) is 4.05. The standard InChI is InChI=1S/C21H24N2O2S/c1-15-11-16(2)13-18(12-15)22-20(24)14-25-19-7-5-17(6-8-19)21(26)23-9-3-4-10-23/h5-8,11-13H,3-4,9-10,14H2,1-2H3,(H,22,24). The van der Waals surface area contributed by atoms with Crippen LogP contribution in [0.2, 0.25) is 0 Å². The van der Waals surface area contributed by atoms with E-state index in [1.54, 1.807) is 0 Å². The molecule has 2 aromatic rings. The van der Waals surface area contributed by atoms with Gasteiger partial charge in [0.05, 0.1) is 0 Å². The van der Waals surface area contributed by atoms with E-state index < -0.39 is 0 Å². The van der Waals surface area contributed by atoms with E-state index in [1.165, 1.54) is 12.8 Å². The summed E-state index contributed by atoms with van der Waals surface area (Å²) >= 11 is 5.54. The molecule has 3 rings (SSSR count). The first kappa shape index (κ1) is 18.4. The Bertz CT molecular complexity index is 776. The van der Waals surface area contributed by atoms with Gasteiger partial charge in [0.15, 0.2) is 6.61 Å². The predicted molar refractivity (Wildman–Crippen MR) is 109 cm³/mol. The summed E-state index contributed by atoms with van der Waals surface area (Å²) in [6, 6.07) is 13.6. The molecule has 1 heterocycles. The number of thiocarbonyl (C=S) groups is 1. The van der Waals surface area contributed by atoms with Gasteiger partial charge in [0, 0.05) is 24.3 Å². The van der Waals surface area contributed by atoms with Crippen molar-refractivity contribution in [1.82, 2.24) is 4.90 Å². The topological polar surface area (TPSA) is 41.6 Å². The molecule has 1 fully saturated rings. The van der Waals surface area contributed by atoms with Gasteiger partial charge in [-0.1, -0.05) is 18.3 Å². The molecule has 26 heavy (non-hydrogen) atoms. The zero-order chi connectivity index (χ0) is 18.5. The van der Waals surface area contributed by atoms with Crippen LogP contribution in [0.3, 0.4) is 0 Å². The second-order valence-corrected chi connectivity index (χ2v) is 7.12. The lowest BCUT2D eigenvalue weighted by Crippen LogP contribution is -2.26. The fourth-order valence-corrected chi connectivity index (χ4v) is 3.51. The first-order valence-electron chi connectivity index (χ1n) is 8.91. The highest BCUT2D eigenvalue weighted by atomic mass is 32.1. The molecule has 136 valence electrons. The highest BCUT2D eigenvalue weighted by Crippen LogP contribution is 2.18. The molecule has 5 heteroatoms. The van der Waals surface area contributed by atoms with Crippen molar-refractivity contribution in [3.63, 3.8) is 0 Å². The molecule has 0 spiro atoms. The summed E-state index contributed by atoms with van der Waals surface area (Å²) in [6.07, 6.45) is 2.41. The summed E-state index contributed by atoms with van der Waals surface area (Å²) in [4.78, 5) is 15.2. The van der Waals surface area contributed by atoms with Crippen molar-refractivity contribution in [2.75, 3.05) is 25.0 Å². The van der Waals surface area contributed by atoms with Crippen LogP contribution >= 0.6 is 12.2 Å². The van der Waals surface area contributed by atoms with Crippen LogP contribution in [0.25, 0.3) is 0 Å². The molecule has 0 radical (unpaired) electrons. The fourth-order valence-electron chi connectivity index (χ4n) is 3.19. The van der Waals surface area contributed by atoms with Gasteiger partial charge >= 0.3 is 0 Å². The number of carbonyl (C=O) groups is 1. The van der Waals surface area contributed by atoms with Gasteiger partial charge in [-0.05, 0) is 74.2 Å². The number of anilines is 1. The summed E-state index contributed by atoms with van der Waals surface area (Å²) in [7, 11) is 0. The molecule has 1 N–H and O–H groups in total. The monoisotopic (exact) mass is 368 g/mol. The lowest BCUT2D eigenvalue weighted by molar-refractivity contribution is -0.118. The molecule has 4 nitrogen and oxygen atoms in total. The SMILES string of the molecule is Cc1cc(C)cc(NC(=O)COc2ccc(C(=S)N3CCCC3)cc2)c1. The Hall–Kier alpha value is -2.40. The van der Waals surface area contributed by atoms with Crippen molar-refractivity contribution in [3.8, 4) is 5.75 Å². The lowest BCUT2D eigenvalue weighted by Gasteiger charge is -2.18. The van der Waals surface area contributed by atoms with E-state index in [9.17, 15) is 4.79 Å². The Morgan fingerprint density at radius 2 is 1.69 bits per heavy atom. The van der Waals surface area contributed by atoms with Crippen LogP contribution < -0.4 is 10.1 Å². The lowest BCUT2D eigenvalue weighted by atomic mass is 10.1. The second-order valence-electron chi connectivity index (χ2n) is 6.74. The van der Waals surface area contributed by atoms with E-state index >= 15 is 0 Å². The number of carbonyl (C=O) groups excluding carboxylic acids is 1. The van der Waals surface area contributed by atoms with Gasteiger partial charge in [0.25, 0.3) is 5.91 Å². The predicted octanol–water partition coefficient (Wildman–Crippen LogP) is 4.09. The number of ether oxygens (including phenoxy) is 1. The molecule has 2 aromatic carbocycles. The number of nitrogens with one attached hydrogen (secondary N) is 1. The number of rotatable bonds is 5. The Morgan fingerprint density at radius 3 is 2.31 bits per heavy atom. The maximum absolute atomic E-state index is 12.1. The zero-order valence-electron chi connectivity index (χ0n) is 15.2. The van der Waals surface area contributed by atoms with Gasteiger partial charge in [-0.25, -0.2) is 0 Å². The highest BCUT2D eigenvalue weighted by Gasteiger charge is 2.16. The number of amides is 1. The van der Waals surface area contributed by atoms with E-state index in [0.717, 1.165) is 40.5 Å². The molecule has 0 aliphatic carbocycles. The van der Waals surface area contributed by atoms with E-state index in [0.29, 0.717) is 5.75 Å². The van der Waals surface area contributed by atoms with Gasteiger partial charge in [-0.15, -0.1) is 0 Å². The molecule has 0 atom stereocenters. The molecule has 1 aliphatic rings. The van der Waals surface area contributed by atoms with Crippen LogP contribution in [0.5, 0.6) is 5.75 Å². The maximum atomic E-state index is 12.1. The van der Waals surface area contributed by atoms with Crippen LogP contribution in [-0.4, -0.2) is 35.5 Å². The number of hydrogen-bond acceptors (Lipinski definition) is 3. The third-order valence-corrected chi connectivity index (χ3v) is 4.86. The molecular weight excluding hydrogens is 344 g/mol. The van der Waals surface area contributed by atoms with Crippen molar-refractivity contribution in [2.45, 2.75) is 26.7 Å². The number of aryl methyl sites for hydroxylation is 2. The zero-order valence-corrected chi connectivity index (χ0v) is 16.1. The summed E-state index contributed by atoms with van der Waals surface area (Å²) in [6.45, 7) is 6.06. The quantitative estimate of drug-likeness (QED) is 0.807. The van der Waals surface area contributed by atoms with Crippen molar-refractivity contribution in [3.05, 3.63) is 59.2 Å². The average Bonchev–Trinajstić information content (AvgIpc) is 3.13. The molecule has 1 saturated heterocycles. The number of nitrogens with zero attached hydrogens (tertiary/aromatic N) is 1. The van der Waals surface area contributed by atoms with Crippen LogP contribution in [-0.2, 0) is 4.79 Å². The molecule has 0 bridgehead atoms. The molecule has 0 aromatic heterocycles. The highest BCUT2D eigenvalue weighted by molar-refractivity contribution is 7.80. The minimum atomic E-state index is -0.174. The van der Waals surface area contributed by atoms with Crippen LogP contribution in [0.15, 0.2) is 42.5 Å². The van der Waals surface area contributed by atoms with E-state index in [1.807, 2.05) is 50.2 Å². The Balaban J connectivity index is 1.52. The third kappa shape index (κ3) is 4.82. The second kappa shape index (κ2) is 8.32. The van der Waals surface area contributed by atoms with Gasteiger partial charge in [0.1, 0.15) is 10.7 Å². The van der Waals surface area contributed by atoms with Crippen LogP contribution in [0.1, 0.15) is 29.5 Å². The Morgan fingerprint density at radius 1 is 1.08 bits per heavy atom. The average molecular weight is 369 g/mol. The first-order valence-corrected chi connectivity index (χ1v) is 9.32. The van der Waals surface area contributed by atoms with Crippen molar-refractivity contribution in [2.24, 2.45) is 0 Å². The van der Waals surface area contributed by atoms with Crippen molar-refractivity contribution >= 4 is 28.8 Å². The van der Waals surface area contributed by atoms with Crippen molar-refractivity contribution < 1.29 is 9.53 Å². The van der Waals surface area contributed by atoms with Crippen LogP contribution in [0.4, 0.5) is 5.69 Å². The third-order valence-electron chi connectivity index (χ3n) is 4.37. The Labute approximate surface area is 160 Å². The van der Waals surface area contributed by atoms with Gasteiger partial charge in [-0.3, -0.25) is 4.79 Å². The van der Waals surface area contributed by atoms with Gasteiger partial charge in [-0.2, -0.15) is 0 Å². The summed E-state index contributed by atoms with van der Waals surface area (Å²) in [5, 5.41) is 2.87. The first-order chi connectivity index (χ1) is 12.5. The van der Waals surface area contributed by atoms with Crippen molar-refractivity contribution in [1.29, 1.82) is 0 Å². The largest absolute Gasteiger partial charge is 0.484 e. The number of likely N-dealkylation sites (tertiary alicyclic amines) is 1. The van der Waals surface area contributed by atoms with Gasteiger partial charge < -0.3 is 15.0 Å². The number of hydrogen-bond donors (Lipinski definition) is 1. The molecular formula is C21H24N2O2S. The normalized spacial score (nSPS) is 13.5. The smallest absolute Gasteiger partial charge is 0.262 e. The molecule has 0 saturated carbocycles. The Kier molecular flexibility index (Phi) is 5.89. The van der Waals surface area contributed by atoms with E-state index in [2.05, 4.69) is 16.3 Å². The van der Waals surface area contributed by atoms with E-state index in [-0.39, 0.29) is 12.5 Å². The van der Waals surface area contributed by atoms with Crippen LogP contribution in [0, 0.1) is 13.8 Å². The van der Waals surface area contributed by atoms with Gasteiger partial charge in [0.2, 0.25) is 0 Å². The molecule has 1 aliphatic heterocycles. The maximum Gasteiger partial charge on any atom is 0.262 e. The minimum absolute atomic E-state index is 0.0249. The van der Waals surface area contributed by atoms with E-state index in [4.69, 9.17) is 17.0 Å². The minimum Gasteiger partial charge on any atom is -0.484 e. The summed E-state index contributed by atoms with van der Waals surface area (Å²) < 4.78 is 5.59.